The summed E-state index contributed by atoms with van der Waals surface area (Å²) in [7, 11) is 3.21. The number of Topliss-reactive ketones (excluding diaryl/α,β-unsaturated/α-hetero) is 2. The molecular formula is C30H31BrFNO5. The van der Waals surface area contributed by atoms with Gasteiger partial charge in [0.25, 0.3) is 0 Å². The molecule has 1 heterocycles. The van der Waals surface area contributed by atoms with Crippen LogP contribution in [-0.2, 0) is 20.9 Å². The molecule has 0 saturated carbocycles. The standard InChI is InChI=1S/C30H31BrFNO5/c1-36-14-13-33-22-9-5-11-24(34)28(22)27(29-23(33)10-6-12-25(29)35)19-15-20(31)30(26(16-19)37-2)38-17-18-7-3-4-8-21(18)32/h3-4,7-8,15-16,27H,5-6,9-14,17H2,1-2H3. The Labute approximate surface area is 230 Å². The van der Waals surface area contributed by atoms with E-state index in [4.69, 9.17) is 14.2 Å². The summed E-state index contributed by atoms with van der Waals surface area (Å²) in [5.74, 6) is 0.237. The Balaban J connectivity index is 1.60. The average Bonchev–Trinajstić information content (AvgIpc) is 2.91. The van der Waals surface area contributed by atoms with E-state index in [2.05, 4.69) is 20.8 Å². The van der Waals surface area contributed by atoms with Crippen LogP contribution in [0.3, 0.4) is 0 Å². The molecule has 0 radical (unpaired) electrons. The molecule has 0 amide bonds. The van der Waals surface area contributed by atoms with Crippen molar-refractivity contribution in [3.8, 4) is 11.5 Å². The summed E-state index contributed by atoms with van der Waals surface area (Å²) in [6.07, 6.45) is 4.09. The van der Waals surface area contributed by atoms with Gasteiger partial charge in [-0.3, -0.25) is 9.59 Å². The molecule has 2 aliphatic carbocycles. The van der Waals surface area contributed by atoms with Crippen molar-refractivity contribution in [1.29, 1.82) is 0 Å². The summed E-state index contributed by atoms with van der Waals surface area (Å²) in [4.78, 5) is 29.1. The van der Waals surface area contributed by atoms with Gasteiger partial charge in [0.2, 0.25) is 0 Å². The summed E-state index contributed by atoms with van der Waals surface area (Å²) in [6, 6.07) is 10.2. The lowest BCUT2D eigenvalue weighted by Gasteiger charge is -2.44. The highest BCUT2D eigenvalue weighted by Gasteiger charge is 2.43. The van der Waals surface area contributed by atoms with Crippen molar-refractivity contribution in [1.82, 2.24) is 4.90 Å². The molecule has 0 bridgehead atoms. The average molecular weight is 584 g/mol. The van der Waals surface area contributed by atoms with Crippen molar-refractivity contribution in [2.24, 2.45) is 0 Å². The summed E-state index contributed by atoms with van der Waals surface area (Å²) in [6.45, 7) is 1.14. The molecule has 200 valence electrons. The van der Waals surface area contributed by atoms with E-state index in [0.29, 0.717) is 58.7 Å². The lowest BCUT2D eigenvalue weighted by atomic mass is 9.71. The number of carbonyl (C=O) groups excluding carboxylic acids is 2. The quantitative estimate of drug-likeness (QED) is 0.367. The second-order valence-electron chi connectivity index (χ2n) is 9.77. The van der Waals surface area contributed by atoms with Crippen LogP contribution in [0.1, 0.15) is 55.6 Å². The Kier molecular flexibility index (Phi) is 8.00. The Morgan fingerprint density at radius 3 is 2.24 bits per heavy atom. The molecule has 0 fully saturated rings. The monoisotopic (exact) mass is 583 g/mol. The third kappa shape index (κ3) is 4.92. The highest BCUT2D eigenvalue weighted by atomic mass is 79.9. The lowest BCUT2D eigenvalue weighted by molar-refractivity contribution is -0.117. The first kappa shape index (κ1) is 26.6. The van der Waals surface area contributed by atoms with Gasteiger partial charge in [0.15, 0.2) is 23.1 Å². The molecule has 5 rings (SSSR count). The Morgan fingerprint density at radius 1 is 0.974 bits per heavy atom. The number of nitrogens with zero attached hydrogens (tertiary/aromatic N) is 1. The van der Waals surface area contributed by atoms with Gasteiger partial charge in [-0.2, -0.15) is 0 Å². The number of halogens is 2. The van der Waals surface area contributed by atoms with Crippen LogP contribution >= 0.6 is 15.9 Å². The van der Waals surface area contributed by atoms with Gasteiger partial charge >= 0.3 is 0 Å². The molecule has 3 aliphatic rings. The maximum atomic E-state index is 14.2. The number of ketones is 2. The Hall–Kier alpha value is -2.97. The topological polar surface area (TPSA) is 65.1 Å². The summed E-state index contributed by atoms with van der Waals surface area (Å²) in [5, 5.41) is 0. The van der Waals surface area contributed by atoms with Crippen LogP contribution in [0.5, 0.6) is 11.5 Å². The van der Waals surface area contributed by atoms with Crippen LogP contribution in [0, 0.1) is 5.82 Å². The van der Waals surface area contributed by atoms with Gasteiger partial charge in [-0.25, -0.2) is 4.39 Å². The molecule has 0 atom stereocenters. The molecule has 8 heteroatoms. The van der Waals surface area contributed by atoms with E-state index in [1.54, 1.807) is 32.4 Å². The van der Waals surface area contributed by atoms with E-state index in [1.807, 2.05) is 12.1 Å². The molecule has 0 unspecified atom stereocenters. The van der Waals surface area contributed by atoms with E-state index in [-0.39, 0.29) is 24.0 Å². The van der Waals surface area contributed by atoms with E-state index in [1.165, 1.54) is 6.07 Å². The van der Waals surface area contributed by atoms with Crippen molar-refractivity contribution in [2.75, 3.05) is 27.4 Å². The van der Waals surface area contributed by atoms with E-state index < -0.39 is 5.92 Å². The zero-order chi connectivity index (χ0) is 26.8. The third-order valence-electron chi connectivity index (χ3n) is 7.52. The van der Waals surface area contributed by atoms with Crippen LogP contribution in [0.15, 0.2) is 63.4 Å². The van der Waals surface area contributed by atoms with E-state index in [0.717, 1.165) is 42.6 Å². The second-order valence-corrected chi connectivity index (χ2v) is 10.6. The number of carbonyl (C=O) groups is 2. The van der Waals surface area contributed by atoms with Crippen LogP contribution in [-0.4, -0.2) is 43.8 Å². The first-order valence-corrected chi connectivity index (χ1v) is 13.8. The molecular weight excluding hydrogens is 553 g/mol. The van der Waals surface area contributed by atoms with E-state index >= 15 is 0 Å². The fourth-order valence-corrected chi connectivity index (χ4v) is 6.39. The largest absolute Gasteiger partial charge is 0.493 e. The van der Waals surface area contributed by atoms with Crippen molar-refractivity contribution >= 4 is 27.5 Å². The molecule has 0 saturated heterocycles. The first-order chi connectivity index (χ1) is 18.4. The normalized spacial score (nSPS) is 18.1. The summed E-state index contributed by atoms with van der Waals surface area (Å²) < 4.78 is 31.8. The van der Waals surface area contributed by atoms with Gasteiger partial charge in [-0.1, -0.05) is 18.2 Å². The molecule has 0 aromatic heterocycles. The third-order valence-corrected chi connectivity index (χ3v) is 8.11. The van der Waals surface area contributed by atoms with Crippen LogP contribution in [0.4, 0.5) is 4.39 Å². The van der Waals surface area contributed by atoms with Crippen molar-refractivity contribution in [3.63, 3.8) is 0 Å². The number of methoxy groups -OCH3 is 2. The molecule has 2 aromatic rings. The highest BCUT2D eigenvalue weighted by molar-refractivity contribution is 9.10. The first-order valence-electron chi connectivity index (χ1n) is 13.0. The van der Waals surface area contributed by atoms with E-state index in [9.17, 15) is 14.0 Å². The number of hydrogen-bond donors (Lipinski definition) is 0. The molecule has 2 aromatic carbocycles. The van der Waals surface area contributed by atoms with Gasteiger partial charge in [0.1, 0.15) is 12.4 Å². The van der Waals surface area contributed by atoms with Crippen molar-refractivity contribution < 1.29 is 28.2 Å². The van der Waals surface area contributed by atoms with Gasteiger partial charge in [0.05, 0.1) is 18.2 Å². The molecule has 6 nitrogen and oxygen atoms in total. The minimum absolute atomic E-state index is 0.0282. The SMILES string of the molecule is COCCN1C2=C(C(=O)CCC2)C(c2cc(Br)c(OCc3ccccc3F)c(OC)c2)C2=C1CCCC2=O. The number of ether oxygens (including phenoxy) is 3. The second kappa shape index (κ2) is 11.4. The fourth-order valence-electron chi connectivity index (χ4n) is 5.81. The van der Waals surface area contributed by atoms with Gasteiger partial charge in [0, 0.05) is 60.5 Å². The van der Waals surface area contributed by atoms with Gasteiger partial charge in [-0.05, 0) is 65.4 Å². The van der Waals surface area contributed by atoms with Crippen LogP contribution in [0.2, 0.25) is 0 Å². The van der Waals surface area contributed by atoms with Crippen molar-refractivity contribution in [3.05, 3.63) is 80.4 Å². The zero-order valence-electron chi connectivity index (χ0n) is 21.6. The maximum absolute atomic E-state index is 14.2. The Bertz CT molecular complexity index is 1290. The predicted molar refractivity (Wildman–Crippen MR) is 145 cm³/mol. The molecule has 1 aliphatic heterocycles. The summed E-state index contributed by atoms with van der Waals surface area (Å²) in [5.41, 5.74) is 4.65. The highest BCUT2D eigenvalue weighted by Crippen LogP contribution is 2.51. The minimum atomic E-state index is -0.467. The van der Waals surface area contributed by atoms with Gasteiger partial charge in [-0.15, -0.1) is 0 Å². The zero-order valence-corrected chi connectivity index (χ0v) is 23.2. The predicted octanol–water partition coefficient (Wildman–Crippen LogP) is 6.24. The maximum Gasteiger partial charge on any atom is 0.175 e. The van der Waals surface area contributed by atoms with Crippen LogP contribution in [0.25, 0.3) is 0 Å². The minimum Gasteiger partial charge on any atom is -0.493 e. The Morgan fingerprint density at radius 2 is 1.63 bits per heavy atom. The van der Waals surface area contributed by atoms with Gasteiger partial charge < -0.3 is 19.1 Å². The van der Waals surface area contributed by atoms with Crippen molar-refractivity contribution in [2.45, 2.75) is 51.0 Å². The molecule has 0 N–H and O–H groups in total. The molecule has 38 heavy (non-hydrogen) atoms. The lowest BCUT2D eigenvalue weighted by Crippen LogP contribution is -2.40. The number of rotatable bonds is 8. The number of allylic oxidation sites excluding steroid dienone is 4. The number of hydrogen-bond acceptors (Lipinski definition) is 6. The number of benzene rings is 2. The fraction of sp³-hybridized carbons (Fsp3) is 0.400. The smallest absolute Gasteiger partial charge is 0.175 e. The summed E-state index contributed by atoms with van der Waals surface area (Å²) >= 11 is 3.62. The molecule has 0 spiro atoms. The van der Waals surface area contributed by atoms with Crippen LogP contribution < -0.4 is 9.47 Å².